The molecule has 6 heteroatoms. The maximum absolute atomic E-state index is 13.8. The molecule has 0 aromatic heterocycles. The quantitative estimate of drug-likeness (QED) is 0.867. The van der Waals surface area contributed by atoms with Crippen molar-refractivity contribution in [2.75, 3.05) is 13.1 Å². The molecule has 1 saturated carbocycles. The van der Waals surface area contributed by atoms with Gasteiger partial charge in [0.2, 0.25) is 0 Å². The largest absolute Gasteiger partial charge is 0.379 e. The molecule has 1 aromatic rings. The molecule has 0 unspecified atom stereocenters. The maximum atomic E-state index is 13.8. The van der Waals surface area contributed by atoms with Gasteiger partial charge in [-0.1, -0.05) is 25.0 Å². The molecule has 1 amide bonds. The van der Waals surface area contributed by atoms with Crippen LogP contribution in [-0.2, 0) is 11.3 Å². The third kappa shape index (κ3) is 3.59. The van der Waals surface area contributed by atoms with E-state index in [-0.39, 0.29) is 18.7 Å². The van der Waals surface area contributed by atoms with Gasteiger partial charge in [-0.3, -0.25) is 4.79 Å². The molecular formula is C18H24F2N2O2. The summed E-state index contributed by atoms with van der Waals surface area (Å²) in [5.74, 6) is -2.25. The average molecular weight is 338 g/mol. The molecule has 1 aliphatic heterocycles. The lowest BCUT2D eigenvalue weighted by Crippen LogP contribution is -2.58. The average Bonchev–Trinajstić information content (AvgIpc) is 3.08. The van der Waals surface area contributed by atoms with Crippen LogP contribution in [0.1, 0.15) is 44.1 Å². The Bertz CT molecular complexity index is 605. The van der Waals surface area contributed by atoms with E-state index in [0.29, 0.717) is 25.4 Å². The molecule has 0 spiro atoms. The Morgan fingerprint density at radius 2 is 2.00 bits per heavy atom. The van der Waals surface area contributed by atoms with Crippen LogP contribution < -0.4 is 5.32 Å². The van der Waals surface area contributed by atoms with Crippen LogP contribution in [0.3, 0.4) is 0 Å². The minimum Gasteiger partial charge on any atom is -0.379 e. The fourth-order valence-electron chi connectivity index (χ4n) is 3.70. The number of aliphatic hydroxyl groups is 1. The zero-order valence-electron chi connectivity index (χ0n) is 13.7. The molecule has 2 fully saturated rings. The zero-order valence-corrected chi connectivity index (χ0v) is 13.7. The van der Waals surface area contributed by atoms with Gasteiger partial charge < -0.3 is 15.3 Å². The Balaban J connectivity index is 1.66. The van der Waals surface area contributed by atoms with E-state index in [1.165, 1.54) is 29.9 Å². The molecule has 2 N–H and O–H groups in total. The van der Waals surface area contributed by atoms with Gasteiger partial charge in [-0.2, -0.15) is 0 Å². The molecule has 1 aromatic carbocycles. The van der Waals surface area contributed by atoms with Crippen molar-refractivity contribution >= 4 is 5.91 Å². The standard InChI is InChI=1S/C18H24F2N2O2/c19-15-8-3-5-13(16(15)20)11-22-10-4-9-18(24,17(22)23)12-21-14-6-1-2-7-14/h3,5,8,14,21,24H,1-2,4,6-7,9-12H2/t18-/m1/s1. The van der Waals surface area contributed by atoms with Crippen molar-refractivity contribution in [1.82, 2.24) is 10.2 Å². The highest BCUT2D eigenvalue weighted by molar-refractivity contribution is 5.86. The molecule has 132 valence electrons. The van der Waals surface area contributed by atoms with Gasteiger partial charge in [0, 0.05) is 31.2 Å². The highest BCUT2D eigenvalue weighted by Gasteiger charge is 2.42. The summed E-state index contributed by atoms with van der Waals surface area (Å²) in [6.07, 6.45) is 5.54. The second kappa shape index (κ2) is 7.15. The second-order valence-electron chi connectivity index (χ2n) is 6.94. The number of carbonyl (C=O) groups is 1. The van der Waals surface area contributed by atoms with Crippen LogP contribution in [0.15, 0.2) is 18.2 Å². The number of nitrogens with one attached hydrogen (secondary N) is 1. The first-order valence-electron chi connectivity index (χ1n) is 8.68. The maximum Gasteiger partial charge on any atom is 0.256 e. The monoisotopic (exact) mass is 338 g/mol. The van der Waals surface area contributed by atoms with E-state index in [1.54, 1.807) is 0 Å². The number of hydrogen-bond donors (Lipinski definition) is 2. The summed E-state index contributed by atoms with van der Waals surface area (Å²) in [6, 6.07) is 4.31. The Morgan fingerprint density at radius 1 is 1.25 bits per heavy atom. The highest BCUT2D eigenvalue weighted by Crippen LogP contribution is 2.26. The van der Waals surface area contributed by atoms with Crippen LogP contribution >= 0.6 is 0 Å². The molecule has 1 aliphatic carbocycles. The van der Waals surface area contributed by atoms with Gasteiger partial charge in [0.25, 0.3) is 5.91 Å². The van der Waals surface area contributed by atoms with Crippen molar-refractivity contribution in [3.05, 3.63) is 35.4 Å². The van der Waals surface area contributed by atoms with Gasteiger partial charge in [-0.05, 0) is 31.7 Å². The summed E-state index contributed by atoms with van der Waals surface area (Å²) in [4.78, 5) is 14.1. The Labute approximate surface area is 140 Å². The fraction of sp³-hybridized carbons (Fsp3) is 0.611. The number of likely N-dealkylation sites (tertiary alicyclic amines) is 1. The number of carbonyl (C=O) groups excluding carboxylic acids is 1. The van der Waals surface area contributed by atoms with E-state index in [0.717, 1.165) is 18.9 Å². The van der Waals surface area contributed by atoms with Crippen molar-refractivity contribution < 1.29 is 18.7 Å². The molecule has 24 heavy (non-hydrogen) atoms. The Kier molecular flexibility index (Phi) is 5.15. The molecule has 1 atom stereocenters. The number of hydrogen-bond acceptors (Lipinski definition) is 3. The minimum absolute atomic E-state index is 0.0197. The number of piperidine rings is 1. The van der Waals surface area contributed by atoms with Crippen LogP contribution in [0.5, 0.6) is 0 Å². The number of nitrogens with zero attached hydrogens (tertiary/aromatic N) is 1. The molecule has 2 aliphatic rings. The summed E-state index contributed by atoms with van der Waals surface area (Å²) in [5.41, 5.74) is -1.32. The topological polar surface area (TPSA) is 52.6 Å². The van der Waals surface area contributed by atoms with Crippen molar-refractivity contribution in [3.63, 3.8) is 0 Å². The first-order chi connectivity index (χ1) is 11.5. The molecule has 3 rings (SSSR count). The zero-order chi connectivity index (χ0) is 17.2. The highest BCUT2D eigenvalue weighted by atomic mass is 19.2. The van der Waals surface area contributed by atoms with Crippen molar-refractivity contribution in [2.45, 2.75) is 56.7 Å². The molecule has 1 saturated heterocycles. The second-order valence-corrected chi connectivity index (χ2v) is 6.94. The van der Waals surface area contributed by atoms with Crippen LogP contribution in [-0.4, -0.2) is 40.6 Å². The number of amides is 1. The van der Waals surface area contributed by atoms with E-state index in [4.69, 9.17) is 0 Å². The van der Waals surface area contributed by atoms with Gasteiger partial charge in [0.05, 0.1) is 0 Å². The number of benzene rings is 1. The van der Waals surface area contributed by atoms with E-state index >= 15 is 0 Å². The Morgan fingerprint density at radius 3 is 2.75 bits per heavy atom. The van der Waals surface area contributed by atoms with Gasteiger partial charge in [0.1, 0.15) is 0 Å². The van der Waals surface area contributed by atoms with Gasteiger partial charge in [0.15, 0.2) is 17.2 Å². The predicted octanol–water partition coefficient (Wildman–Crippen LogP) is 2.35. The van der Waals surface area contributed by atoms with Crippen LogP contribution in [0, 0.1) is 11.6 Å². The summed E-state index contributed by atoms with van der Waals surface area (Å²) in [7, 11) is 0. The van der Waals surface area contributed by atoms with E-state index in [1.807, 2.05) is 0 Å². The molecular weight excluding hydrogens is 314 g/mol. The van der Waals surface area contributed by atoms with E-state index < -0.39 is 23.1 Å². The third-order valence-corrected chi connectivity index (χ3v) is 5.13. The number of rotatable bonds is 5. The van der Waals surface area contributed by atoms with Crippen LogP contribution in [0.4, 0.5) is 8.78 Å². The van der Waals surface area contributed by atoms with Gasteiger partial charge >= 0.3 is 0 Å². The first-order valence-corrected chi connectivity index (χ1v) is 8.68. The minimum atomic E-state index is -1.45. The summed E-state index contributed by atoms with van der Waals surface area (Å²) in [5, 5.41) is 14.0. The van der Waals surface area contributed by atoms with Crippen molar-refractivity contribution in [3.8, 4) is 0 Å². The van der Waals surface area contributed by atoms with Gasteiger partial charge in [-0.25, -0.2) is 8.78 Å². The summed E-state index contributed by atoms with van der Waals surface area (Å²) < 4.78 is 27.2. The van der Waals surface area contributed by atoms with Crippen molar-refractivity contribution in [2.24, 2.45) is 0 Å². The molecule has 4 nitrogen and oxygen atoms in total. The van der Waals surface area contributed by atoms with E-state index in [2.05, 4.69) is 5.32 Å². The number of halogens is 2. The lowest BCUT2D eigenvalue weighted by molar-refractivity contribution is -0.157. The van der Waals surface area contributed by atoms with Crippen molar-refractivity contribution in [1.29, 1.82) is 0 Å². The first kappa shape index (κ1) is 17.3. The smallest absolute Gasteiger partial charge is 0.256 e. The molecule has 1 heterocycles. The van der Waals surface area contributed by atoms with Gasteiger partial charge in [-0.15, -0.1) is 0 Å². The molecule has 0 bridgehead atoms. The predicted molar refractivity (Wildman–Crippen MR) is 86.2 cm³/mol. The molecule has 0 radical (unpaired) electrons. The third-order valence-electron chi connectivity index (χ3n) is 5.13. The van der Waals surface area contributed by atoms with Crippen LogP contribution in [0.2, 0.25) is 0 Å². The van der Waals surface area contributed by atoms with E-state index in [9.17, 15) is 18.7 Å². The lowest BCUT2D eigenvalue weighted by atomic mass is 9.91. The summed E-state index contributed by atoms with van der Waals surface area (Å²) >= 11 is 0. The normalized spacial score (nSPS) is 25.5. The van der Waals surface area contributed by atoms with Crippen LogP contribution in [0.25, 0.3) is 0 Å². The summed E-state index contributed by atoms with van der Waals surface area (Å²) in [6.45, 7) is 0.646. The fourth-order valence-corrected chi connectivity index (χ4v) is 3.70. The Hall–Kier alpha value is -1.53. The lowest BCUT2D eigenvalue weighted by Gasteiger charge is -2.39. The SMILES string of the molecule is O=C1N(Cc2cccc(F)c2F)CCC[C@@]1(O)CNC1CCCC1.